The van der Waals surface area contributed by atoms with Gasteiger partial charge in [0.15, 0.2) is 0 Å². The van der Waals surface area contributed by atoms with Crippen molar-refractivity contribution in [3.05, 3.63) is 0 Å². The summed E-state index contributed by atoms with van der Waals surface area (Å²) in [5.41, 5.74) is 0. The van der Waals surface area contributed by atoms with Gasteiger partial charge in [0.25, 0.3) is 10.1 Å². The van der Waals surface area contributed by atoms with Crippen molar-refractivity contribution in [2.24, 2.45) is 0 Å². The van der Waals surface area contributed by atoms with Gasteiger partial charge >= 0.3 is 0 Å². The topological polar surface area (TPSA) is 145 Å². The first-order valence-electron chi connectivity index (χ1n) is 33.8. The average Bonchev–Trinajstić information content (AvgIpc) is 3.38. The van der Waals surface area contributed by atoms with E-state index in [0.29, 0.717) is 39.1 Å². The molecular formula is C65H135N3O7S. The summed E-state index contributed by atoms with van der Waals surface area (Å²) >= 11 is 0. The minimum Gasteiger partial charge on any atom is -0.392 e. The predicted molar refractivity (Wildman–Crippen MR) is 329 cm³/mol. The Balaban J connectivity index is 5.56. The molecule has 0 fully saturated rings. The van der Waals surface area contributed by atoms with Gasteiger partial charge in [0.1, 0.15) is 0 Å². The fraction of sp³-hybridized carbons (Fsp3) is 1.00. The smallest absolute Gasteiger partial charge is 0.264 e. The molecule has 458 valence electrons. The molecule has 0 aliphatic rings. The zero-order chi connectivity index (χ0) is 55.8. The maximum Gasteiger partial charge on any atom is 0.264 e. The van der Waals surface area contributed by atoms with Gasteiger partial charge in [0.05, 0.1) is 30.2 Å². The van der Waals surface area contributed by atoms with Crippen LogP contribution < -0.4 is 0 Å². The van der Waals surface area contributed by atoms with E-state index < -0.39 is 34.5 Å². The Kier molecular flexibility index (Phi) is 57.6. The van der Waals surface area contributed by atoms with Gasteiger partial charge in [-0.1, -0.05) is 285 Å². The van der Waals surface area contributed by atoms with Crippen LogP contribution in [-0.2, 0) is 10.1 Å². The lowest BCUT2D eigenvalue weighted by molar-refractivity contribution is 0.0561. The van der Waals surface area contributed by atoms with Crippen LogP contribution in [0.2, 0.25) is 0 Å². The van der Waals surface area contributed by atoms with Crippen molar-refractivity contribution < 1.29 is 33.4 Å². The van der Waals surface area contributed by atoms with Crippen LogP contribution in [0.25, 0.3) is 0 Å². The van der Waals surface area contributed by atoms with E-state index in [9.17, 15) is 33.4 Å². The van der Waals surface area contributed by atoms with Crippen LogP contribution in [0.1, 0.15) is 329 Å². The van der Waals surface area contributed by atoms with Crippen LogP contribution in [0.4, 0.5) is 0 Å². The molecule has 0 saturated carbocycles. The molecule has 0 amide bonds. The lowest BCUT2D eigenvalue weighted by Gasteiger charge is -2.30. The minimum absolute atomic E-state index is 0.269. The van der Waals surface area contributed by atoms with Crippen molar-refractivity contribution in [1.29, 1.82) is 0 Å². The summed E-state index contributed by atoms with van der Waals surface area (Å²) in [5, 5.41) is 45.2. The summed E-state index contributed by atoms with van der Waals surface area (Å²) in [6.07, 6.45) is 54.1. The van der Waals surface area contributed by atoms with Gasteiger partial charge in [-0.25, -0.2) is 0 Å². The summed E-state index contributed by atoms with van der Waals surface area (Å²) in [6.45, 7) is 14.8. The Morgan fingerprint density at radius 1 is 0.263 bits per heavy atom. The number of unbranched alkanes of at least 4 members (excludes halogenated alkanes) is 36. The third-order valence-electron chi connectivity index (χ3n) is 16.2. The Morgan fingerprint density at radius 3 is 0.658 bits per heavy atom. The van der Waals surface area contributed by atoms with Gasteiger partial charge in [-0.15, -0.1) is 0 Å². The first kappa shape index (κ1) is 75.6. The highest BCUT2D eigenvalue weighted by Gasteiger charge is 2.19. The van der Waals surface area contributed by atoms with Crippen molar-refractivity contribution in [2.45, 2.75) is 354 Å². The van der Waals surface area contributed by atoms with E-state index >= 15 is 0 Å². The van der Waals surface area contributed by atoms with Crippen LogP contribution in [0, 0.1) is 0 Å². The maximum atomic E-state index is 11.8. The van der Waals surface area contributed by atoms with E-state index in [4.69, 9.17) is 0 Å². The molecule has 4 atom stereocenters. The monoisotopic (exact) mass is 1100 g/mol. The molecule has 0 saturated heterocycles. The van der Waals surface area contributed by atoms with E-state index in [1.165, 1.54) is 205 Å². The Bertz CT molecular complexity index is 1110. The van der Waals surface area contributed by atoms with E-state index in [1.54, 1.807) is 0 Å². The molecule has 4 unspecified atom stereocenters. The molecule has 0 aliphatic heterocycles. The zero-order valence-electron chi connectivity index (χ0n) is 51.4. The lowest BCUT2D eigenvalue weighted by Crippen LogP contribution is -2.41. The van der Waals surface area contributed by atoms with Crippen molar-refractivity contribution in [3.8, 4) is 0 Å². The molecule has 0 aromatic carbocycles. The number of aliphatic hydroxyl groups excluding tert-OH is 4. The molecule has 0 aromatic heterocycles. The van der Waals surface area contributed by atoms with Crippen LogP contribution in [-0.4, -0.2) is 137 Å². The normalized spacial score (nSPS) is 13.9. The summed E-state index contributed by atoms with van der Waals surface area (Å²) < 4.78 is 33.2. The van der Waals surface area contributed by atoms with Gasteiger partial charge < -0.3 is 25.3 Å². The molecule has 0 aromatic rings. The van der Waals surface area contributed by atoms with E-state index in [0.717, 1.165) is 116 Å². The first-order chi connectivity index (χ1) is 36.9. The van der Waals surface area contributed by atoms with Crippen LogP contribution in [0.3, 0.4) is 0 Å². The molecule has 0 radical (unpaired) electrons. The highest BCUT2D eigenvalue weighted by Crippen LogP contribution is 2.18. The van der Waals surface area contributed by atoms with Crippen LogP contribution >= 0.6 is 0 Å². The fourth-order valence-electron chi connectivity index (χ4n) is 11.4. The zero-order valence-corrected chi connectivity index (χ0v) is 52.2. The third-order valence-corrected chi connectivity index (χ3v) is 17.0. The first-order valence-corrected chi connectivity index (χ1v) is 35.4. The number of hydrogen-bond acceptors (Lipinski definition) is 9. The molecule has 0 spiro atoms. The second kappa shape index (κ2) is 57.8. The maximum absolute atomic E-state index is 11.8. The summed E-state index contributed by atoms with van der Waals surface area (Å²) in [7, 11) is -4.07. The second-order valence-corrected chi connectivity index (χ2v) is 25.8. The van der Waals surface area contributed by atoms with Crippen molar-refractivity contribution >= 4 is 10.1 Å². The molecule has 5 N–H and O–H groups in total. The molecule has 10 nitrogen and oxygen atoms in total. The minimum atomic E-state index is -4.07. The quantitative estimate of drug-likeness (QED) is 0.0295. The standard InChI is InChI=1S/C65H135N3O7S/c1-5-9-13-17-21-25-29-33-37-41-48-62(69)58-67(59-63(70)49-42-38-34-30-26-22-18-14-10-6-2)54-45-52-66(56-47-57-76(73,74)75)53-46-55-68(60-64(71)50-43-39-35-31-27-23-19-15-11-7-3)61-65(72)51-44-40-36-32-28-24-20-16-12-8-4/h62-65,69-72H,5-61H2,1-4H3,(H,73,74,75). The van der Waals surface area contributed by atoms with E-state index in [-0.39, 0.29) is 5.75 Å². The average molecular weight is 1100 g/mol. The van der Waals surface area contributed by atoms with Gasteiger partial charge in [-0.2, -0.15) is 8.42 Å². The van der Waals surface area contributed by atoms with Crippen molar-refractivity contribution in [3.63, 3.8) is 0 Å². The van der Waals surface area contributed by atoms with Gasteiger partial charge in [0, 0.05) is 26.2 Å². The number of rotatable bonds is 64. The molecule has 76 heavy (non-hydrogen) atoms. The molecule has 0 aliphatic carbocycles. The fourth-order valence-corrected chi connectivity index (χ4v) is 11.9. The Hall–Kier alpha value is -0.370. The molecule has 0 heterocycles. The number of hydrogen-bond donors (Lipinski definition) is 5. The third kappa shape index (κ3) is 56.9. The van der Waals surface area contributed by atoms with Crippen LogP contribution in [0.15, 0.2) is 0 Å². The molecular weight excluding hydrogens is 967 g/mol. The highest BCUT2D eigenvalue weighted by atomic mass is 32.2. The van der Waals surface area contributed by atoms with Crippen molar-refractivity contribution in [1.82, 2.24) is 14.7 Å². The van der Waals surface area contributed by atoms with Crippen molar-refractivity contribution in [2.75, 3.05) is 64.7 Å². The Labute approximate surface area is 474 Å². The van der Waals surface area contributed by atoms with Gasteiger partial charge in [0.2, 0.25) is 0 Å². The van der Waals surface area contributed by atoms with Crippen LogP contribution in [0.5, 0.6) is 0 Å². The largest absolute Gasteiger partial charge is 0.392 e. The number of nitrogens with zero attached hydrogens (tertiary/aromatic N) is 3. The summed E-state index contributed by atoms with van der Waals surface area (Å²) in [5.74, 6) is -0.269. The van der Waals surface area contributed by atoms with Gasteiger partial charge in [-0.3, -0.25) is 14.4 Å². The number of aliphatic hydroxyl groups is 4. The molecule has 0 bridgehead atoms. The molecule has 11 heteroatoms. The second-order valence-electron chi connectivity index (χ2n) is 24.2. The lowest BCUT2D eigenvalue weighted by atomic mass is 10.0. The summed E-state index contributed by atoms with van der Waals surface area (Å²) in [4.78, 5) is 6.85. The van der Waals surface area contributed by atoms with E-state index in [2.05, 4.69) is 42.4 Å². The van der Waals surface area contributed by atoms with Gasteiger partial charge in [-0.05, 0) is 77.7 Å². The highest BCUT2D eigenvalue weighted by molar-refractivity contribution is 7.85. The van der Waals surface area contributed by atoms with E-state index in [1.807, 2.05) is 0 Å². The molecule has 0 rings (SSSR count). The predicted octanol–water partition coefficient (Wildman–Crippen LogP) is 16.6. The Morgan fingerprint density at radius 2 is 0.447 bits per heavy atom. The summed E-state index contributed by atoms with van der Waals surface area (Å²) in [6, 6.07) is 0. The SMILES string of the molecule is CCCCCCCCCCCCC(O)CN(CCCN(CCCN(CC(O)CCCCCCCCCCCC)CC(O)CCCCCCCCCCCC)CCCS(=O)(=O)O)CC(O)CCCCCCCCCCCC.